The van der Waals surface area contributed by atoms with Crippen LogP contribution in [0.25, 0.3) is 0 Å². The van der Waals surface area contributed by atoms with Gasteiger partial charge in [-0.2, -0.15) is 0 Å². The Bertz CT molecular complexity index is 549. The number of amides is 1. The molecule has 1 amide bonds. The van der Waals surface area contributed by atoms with Gasteiger partial charge in [0.05, 0.1) is 17.1 Å². The van der Waals surface area contributed by atoms with Crippen LogP contribution in [0.15, 0.2) is 18.2 Å². The highest BCUT2D eigenvalue weighted by molar-refractivity contribution is 6.32. The molecule has 21 heavy (non-hydrogen) atoms. The molecule has 1 rings (SSSR count). The first-order valence-corrected chi connectivity index (χ1v) is 6.20. The number of hydrogen-bond donors (Lipinski definition) is 1. The number of nitro benzene ring substituents is 1. The van der Waals surface area contributed by atoms with Gasteiger partial charge in [-0.3, -0.25) is 14.9 Å². The number of esters is 1. The first-order chi connectivity index (χ1) is 9.95. The number of hydrogen-bond acceptors (Lipinski definition) is 6. The van der Waals surface area contributed by atoms with Gasteiger partial charge in [0.1, 0.15) is 5.02 Å². The number of ether oxygens (including phenoxy) is 2. The SMILES string of the molecule is COCCNC(=O)COC(=O)c1ccc(Cl)c([N+](=O)[O-])c1. The fraction of sp³-hybridized carbons (Fsp3) is 0.333. The minimum absolute atomic E-state index is 0.0595. The Morgan fingerprint density at radius 2 is 2.14 bits per heavy atom. The van der Waals surface area contributed by atoms with Crippen molar-refractivity contribution in [3.05, 3.63) is 38.9 Å². The van der Waals surface area contributed by atoms with E-state index in [1.165, 1.54) is 19.2 Å². The van der Waals surface area contributed by atoms with Gasteiger partial charge in [-0.05, 0) is 12.1 Å². The van der Waals surface area contributed by atoms with E-state index in [0.29, 0.717) is 13.2 Å². The molecule has 0 aliphatic rings. The van der Waals surface area contributed by atoms with Crippen molar-refractivity contribution < 1.29 is 24.0 Å². The number of nitrogens with one attached hydrogen (secondary N) is 1. The first-order valence-electron chi connectivity index (χ1n) is 5.82. The Hall–Kier alpha value is -2.19. The van der Waals surface area contributed by atoms with Crippen LogP contribution in [0.5, 0.6) is 0 Å². The predicted molar refractivity (Wildman–Crippen MR) is 73.3 cm³/mol. The average molecular weight is 317 g/mol. The highest BCUT2D eigenvalue weighted by Gasteiger charge is 2.17. The third-order valence-electron chi connectivity index (χ3n) is 2.34. The van der Waals surface area contributed by atoms with Gasteiger partial charge in [-0.15, -0.1) is 0 Å². The Kier molecular flexibility index (Phi) is 6.57. The number of methoxy groups -OCH3 is 1. The van der Waals surface area contributed by atoms with E-state index in [9.17, 15) is 19.7 Å². The van der Waals surface area contributed by atoms with E-state index in [1.807, 2.05) is 0 Å². The summed E-state index contributed by atoms with van der Waals surface area (Å²) in [4.78, 5) is 33.0. The van der Waals surface area contributed by atoms with Crippen molar-refractivity contribution in [2.24, 2.45) is 0 Å². The number of rotatable bonds is 7. The molecular weight excluding hydrogens is 304 g/mol. The summed E-state index contributed by atoms with van der Waals surface area (Å²) in [7, 11) is 1.49. The zero-order valence-corrected chi connectivity index (χ0v) is 11.9. The molecule has 0 aromatic heterocycles. The van der Waals surface area contributed by atoms with Gasteiger partial charge in [0, 0.05) is 19.7 Å². The predicted octanol–water partition coefficient (Wildman–Crippen LogP) is 1.17. The van der Waals surface area contributed by atoms with Crippen molar-refractivity contribution in [1.29, 1.82) is 0 Å². The fourth-order valence-corrected chi connectivity index (χ4v) is 1.52. The Morgan fingerprint density at radius 1 is 1.43 bits per heavy atom. The molecule has 0 saturated heterocycles. The molecule has 0 bridgehead atoms. The number of halogens is 1. The van der Waals surface area contributed by atoms with Gasteiger partial charge in [0.15, 0.2) is 6.61 Å². The number of carbonyl (C=O) groups excluding carboxylic acids is 2. The van der Waals surface area contributed by atoms with Crippen LogP contribution in [0.1, 0.15) is 10.4 Å². The van der Waals surface area contributed by atoms with Gasteiger partial charge in [-0.1, -0.05) is 11.6 Å². The average Bonchev–Trinajstić information content (AvgIpc) is 2.45. The summed E-state index contributed by atoms with van der Waals surface area (Å²) >= 11 is 5.62. The molecule has 1 aromatic rings. The van der Waals surface area contributed by atoms with Crippen molar-refractivity contribution in [3.63, 3.8) is 0 Å². The van der Waals surface area contributed by atoms with E-state index in [-0.39, 0.29) is 10.6 Å². The van der Waals surface area contributed by atoms with Crippen LogP contribution in [0.2, 0.25) is 5.02 Å². The van der Waals surface area contributed by atoms with Crippen LogP contribution in [0, 0.1) is 10.1 Å². The number of nitro groups is 1. The van der Waals surface area contributed by atoms with Crippen molar-refractivity contribution in [2.75, 3.05) is 26.9 Å². The highest BCUT2D eigenvalue weighted by atomic mass is 35.5. The standard InChI is InChI=1S/C12H13ClN2O6/c1-20-5-4-14-11(16)7-21-12(17)8-2-3-9(13)10(6-8)15(18)19/h2-3,6H,4-5,7H2,1H3,(H,14,16). The van der Waals surface area contributed by atoms with Gasteiger partial charge >= 0.3 is 5.97 Å². The third-order valence-corrected chi connectivity index (χ3v) is 2.66. The first kappa shape index (κ1) is 16.9. The Balaban J connectivity index is 2.58. The molecule has 0 aliphatic carbocycles. The molecule has 0 saturated carbocycles. The minimum Gasteiger partial charge on any atom is -0.452 e. The molecule has 0 atom stereocenters. The van der Waals surface area contributed by atoms with Crippen molar-refractivity contribution in [1.82, 2.24) is 5.32 Å². The normalized spacial score (nSPS) is 10.0. The molecule has 1 N–H and O–H groups in total. The zero-order valence-electron chi connectivity index (χ0n) is 11.1. The summed E-state index contributed by atoms with van der Waals surface area (Å²) < 4.78 is 9.47. The second-order valence-corrected chi connectivity index (χ2v) is 4.25. The van der Waals surface area contributed by atoms with E-state index in [2.05, 4.69) is 5.32 Å². The summed E-state index contributed by atoms with van der Waals surface area (Å²) in [6, 6.07) is 3.49. The molecule has 0 spiro atoms. The van der Waals surface area contributed by atoms with Gasteiger partial charge in [0.25, 0.3) is 11.6 Å². The second kappa shape index (κ2) is 8.18. The van der Waals surface area contributed by atoms with Crippen molar-refractivity contribution >= 4 is 29.2 Å². The van der Waals surface area contributed by atoms with E-state index < -0.39 is 29.1 Å². The lowest BCUT2D eigenvalue weighted by Crippen LogP contribution is -2.31. The molecule has 0 aliphatic heterocycles. The second-order valence-electron chi connectivity index (χ2n) is 3.84. The summed E-state index contributed by atoms with van der Waals surface area (Å²) in [5.74, 6) is -1.35. The number of benzene rings is 1. The minimum atomic E-state index is -0.850. The number of nitrogens with zero attached hydrogens (tertiary/aromatic N) is 1. The monoisotopic (exact) mass is 316 g/mol. The molecule has 0 fully saturated rings. The maximum absolute atomic E-state index is 11.7. The summed E-state index contributed by atoms with van der Waals surface area (Å²) in [5.41, 5.74) is -0.466. The van der Waals surface area contributed by atoms with E-state index in [1.54, 1.807) is 0 Å². The van der Waals surface area contributed by atoms with Gasteiger partial charge in [-0.25, -0.2) is 4.79 Å². The smallest absolute Gasteiger partial charge is 0.338 e. The fourth-order valence-electron chi connectivity index (χ4n) is 1.34. The molecular formula is C12H13ClN2O6. The largest absolute Gasteiger partial charge is 0.452 e. The molecule has 114 valence electrons. The summed E-state index contributed by atoms with van der Waals surface area (Å²) in [6.07, 6.45) is 0. The zero-order chi connectivity index (χ0) is 15.8. The third kappa shape index (κ3) is 5.36. The maximum Gasteiger partial charge on any atom is 0.338 e. The summed E-state index contributed by atoms with van der Waals surface area (Å²) in [6.45, 7) is 0.140. The van der Waals surface area contributed by atoms with Crippen molar-refractivity contribution in [2.45, 2.75) is 0 Å². The molecule has 0 heterocycles. The van der Waals surface area contributed by atoms with E-state index in [4.69, 9.17) is 21.1 Å². The summed E-state index contributed by atoms with van der Waals surface area (Å²) in [5, 5.41) is 13.1. The van der Waals surface area contributed by atoms with Crippen LogP contribution in [0.4, 0.5) is 5.69 Å². The lowest BCUT2D eigenvalue weighted by Gasteiger charge is -2.06. The Morgan fingerprint density at radius 3 is 2.76 bits per heavy atom. The van der Waals surface area contributed by atoms with Gasteiger partial charge < -0.3 is 14.8 Å². The molecule has 0 radical (unpaired) electrons. The quantitative estimate of drug-likeness (QED) is 0.350. The highest BCUT2D eigenvalue weighted by Crippen LogP contribution is 2.25. The molecule has 8 nitrogen and oxygen atoms in total. The van der Waals surface area contributed by atoms with E-state index in [0.717, 1.165) is 6.07 Å². The lowest BCUT2D eigenvalue weighted by molar-refractivity contribution is -0.384. The Labute approximate surface area is 125 Å². The maximum atomic E-state index is 11.7. The van der Waals surface area contributed by atoms with Crippen LogP contribution in [-0.4, -0.2) is 43.7 Å². The lowest BCUT2D eigenvalue weighted by atomic mass is 10.2. The topological polar surface area (TPSA) is 108 Å². The van der Waals surface area contributed by atoms with Crippen LogP contribution >= 0.6 is 11.6 Å². The van der Waals surface area contributed by atoms with Crippen molar-refractivity contribution in [3.8, 4) is 0 Å². The van der Waals surface area contributed by atoms with Crippen LogP contribution in [0.3, 0.4) is 0 Å². The molecule has 9 heteroatoms. The van der Waals surface area contributed by atoms with Crippen LogP contribution < -0.4 is 5.32 Å². The van der Waals surface area contributed by atoms with Gasteiger partial charge in [0.2, 0.25) is 0 Å². The van der Waals surface area contributed by atoms with E-state index >= 15 is 0 Å². The molecule has 0 unspecified atom stereocenters. The van der Waals surface area contributed by atoms with Crippen LogP contribution in [-0.2, 0) is 14.3 Å². The molecule has 1 aromatic carbocycles. The number of carbonyl (C=O) groups is 2.